The zero-order valence-corrected chi connectivity index (χ0v) is 10.1. The highest BCUT2D eigenvalue weighted by Gasteiger charge is 2.18. The lowest BCUT2D eigenvalue weighted by Gasteiger charge is -2.11. The van der Waals surface area contributed by atoms with Crippen LogP contribution in [0.4, 0.5) is 0 Å². The zero-order chi connectivity index (χ0) is 10.7. The SMILES string of the molecule is Cl.O=C(NC1CCNC1)c1cccnc1Cl. The van der Waals surface area contributed by atoms with E-state index in [0.29, 0.717) is 5.56 Å². The molecule has 1 amide bonds. The summed E-state index contributed by atoms with van der Waals surface area (Å²) in [5, 5.41) is 6.34. The minimum Gasteiger partial charge on any atom is -0.348 e. The molecule has 16 heavy (non-hydrogen) atoms. The van der Waals surface area contributed by atoms with E-state index in [1.165, 1.54) is 0 Å². The summed E-state index contributed by atoms with van der Waals surface area (Å²) in [6.07, 6.45) is 2.53. The molecular formula is C10H13Cl2N3O. The van der Waals surface area contributed by atoms with Crippen molar-refractivity contribution in [3.05, 3.63) is 29.0 Å². The average molecular weight is 262 g/mol. The topological polar surface area (TPSA) is 54.0 Å². The van der Waals surface area contributed by atoms with Crippen molar-refractivity contribution >= 4 is 29.9 Å². The minimum absolute atomic E-state index is 0. The van der Waals surface area contributed by atoms with E-state index in [2.05, 4.69) is 15.6 Å². The molecule has 1 saturated heterocycles. The van der Waals surface area contributed by atoms with E-state index < -0.39 is 0 Å². The van der Waals surface area contributed by atoms with Crippen LogP contribution >= 0.6 is 24.0 Å². The summed E-state index contributed by atoms with van der Waals surface area (Å²) in [6, 6.07) is 3.58. The third kappa shape index (κ3) is 3.07. The number of rotatable bonds is 2. The fraction of sp³-hybridized carbons (Fsp3) is 0.400. The number of carbonyl (C=O) groups is 1. The average Bonchev–Trinajstić information content (AvgIpc) is 2.71. The van der Waals surface area contributed by atoms with Gasteiger partial charge in [-0.05, 0) is 25.1 Å². The van der Waals surface area contributed by atoms with Crippen molar-refractivity contribution in [2.24, 2.45) is 0 Å². The first-order chi connectivity index (χ1) is 7.27. The van der Waals surface area contributed by atoms with Crippen LogP contribution in [0.15, 0.2) is 18.3 Å². The summed E-state index contributed by atoms with van der Waals surface area (Å²) in [5.41, 5.74) is 0.436. The van der Waals surface area contributed by atoms with Crippen molar-refractivity contribution in [3.8, 4) is 0 Å². The van der Waals surface area contributed by atoms with Gasteiger partial charge in [0.25, 0.3) is 5.91 Å². The third-order valence-corrected chi connectivity index (χ3v) is 2.70. The summed E-state index contributed by atoms with van der Waals surface area (Å²) >= 11 is 5.82. The maximum atomic E-state index is 11.8. The molecule has 2 rings (SSSR count). The van der Waals surface area contributed by atoms with Crippen molar-refractivity contribution in [2.75, 3.05) is 13.1 Å². The molecule has 0 aliphatic carbocycles. The molecular weight excluding hydrogens is 249 g/mol. The molecule has 2 heterocycles. The predicted octanol–water partition coefficient (Wildman–Crippen LogP) is 1.25. The Hall–Kier alpha value is -0.840. The highest BCUT2D eigenvalue weighted by molar-refractivity contribution is 6.32. The fourth-order valence-corrected chi connectivity index (χ4v) is 1.80. The van der Waals surface area contributed by atoms with Gasteiger partial charge < -0.3 is 10.6 Å². The van der Waals surface area contributed by atoms with Gasteiger partial charge in [0.1, 0.15) is 5.15 Å². The monoisotopic (exact) mass is 261 g/mol. The first-order valence-corrected chi connectivity index (χ1v) is 5.27. The van der Waals surface area contributed by atoms with Crippen molar-refractivity contribution < 1.29 is 4.79 Å². The molecule has 1 aromatic heterocycles. The van der Waals surface area contributed by atoms with Crippen LogP contribution in [0.3, 0.4) is 0 Å². The minimum atomic E-state index is -0.151. The number of carbonyl (C=O) groups excluding carboxylic acids is 1. The van der Waals surface area contributed by atoms with Crippen molar-refractivity contribution in [1.29, 1.82) is 0 Å². The number of hydrogen-bond acceptors (Lipinski definition) is 3. The second-order valence-electron chi connectivity index (χ2n) is 3.50. The van der Waals surface area contributed by atoms with Crippen molar-refractivity contribution in [2.45, 2.75) is 12.5 Å². The lowest BCUT2D eigenvalue weighted by Crippen LogP contribution is -2.36. The first kappa shape index (κ1) is 13.2. The molecule has 6 heteroatoms. The lowest BCUT2D eigenvalue weighted by molar-refractivity contribution is 0.0940. The summed E-state index contributed by atoms with van der Waals surface area (Å²) < 4.78 is 0. The maximum Gasteiger partial charge on any atom is 0.254 e. The van der Waals surface area contributed by atoms with Gasteiger partial charge in [-0.1, -0.05) is 11.6 Å². The van der Waals surface area contributed by atoms with Gasteiger partial charge in [0.05, 0.1) is 5.56 Å². The van der Waals surface area contributed by atoms with Crippen LogP contribution in [-0.4, -0.2) is 30.0 Å². The lowest BCUT2D eigenvalue weighted by atomic mass is 10.2. The number of amides is 1. The molecule has 1 fully saturated rings. The fourth-order valence-electron chi connectivity index (χ4n) is 1.60. The molecule has 1 aliphatic heterocycles. The molecule has 0 spiro atoms. The van der Waals surface area contributed by atoms with E-state index in [-0.39, 0.29) is 29.5 Å². The number of hydrogen-bond donors (Lipinski definition) is 2. The number of halogens is 2. The van der Waals surface area contributed by atoms with E-state index in [0.717, 1.165) is 19.5 Å². The molecule has 88 valence electrons. The van der Waals surface area contributed by atoms with Gasteiger partial charge in [-0.15, -0.1) is 12.4 Å². The first-order valence-electron chi connectivity index (χ1n) is 4.89. The number of nitrogens with zero attached hydrogens (tertiary/aromatic N) is 1. The summed E-state index contributed by atoms with van der Waals surface area (Å²) in [4.78, 5) is 15.6. The summed E-state index contributed by atoms with van der Waals surface area (Å²) in [5.74, 6) is -0.151. The van der Waals surface area contributed by atoms with Gasteiger partial charge in [0.15, 0.2) is 0 Å². The van der Waals surface area contributed by atoms with Gasteiger partial charge >= 0.3 is 0 Å². The Morgan fingerprint density at radius 1 is 1.62 bits per heavy atom. The Bertz CT molecular complexity index is 367. The Kier molecular flexibility index (Phi) is 4.99. The van der Waals surface area contributed by atoms with Crippen LogP contribution in [0.2, 0.25) is 5.15 Å². The van der Waals surface area contributed by atoms with E-state index in [9.17, 15) is 4.79 Å². The molecule has 0 bridgehead atoms. The Morgan fingerprint density at radius 2 is 2.44 bits per heavy atom. The predicted molar refractivity (Wildman–Crippen MR) is 65.2 cm³/mol. The normalized spacial score (nSPS) is 18.9. The number of nitrogens with one attached hydrogen (secondary N) is 2. The molecule has 1 unspecified atom stereocenters. The third-order valence-electron chi connectivity index (χ3n) is 2.40. The van der Waals surface area contributed by atoms with E-state index >= 15 is 0 Å². The summed E-state index contributed by atoms with van der Waals surface area (Å²) in [6.45, 7) is 1.77. The quantitative estimate of drug-likeness (QED) is 0.789. The van der Waals surface area contributed by atoms with Gasteiger partial charge in [-0.2, -0.15) is 0 Å². The standard InChI is InChI=1S/C10H12ClN3O.ClH/c11-9-8(2-1-4-13-9)10(15)14-7-3-5-12-6-7;/h1-2,4,7,12H,3,5-6H2,(H,14,15);1H. The van der Waals surface area contributed by atoms with Crippen LogP contribution in [0.25, 0.3) is 0 Å². The molecule has 1 aliphatic rings. The van der Waals surface area contributed by atoms with Gasteiger partial charge in [-0.3, -0.25) is 4.79 Å². The van der Waals surface area contributed by atoms with Crippen molar-refractivity contribution in [1.82, 2.24) is 15.6 Å². The largest absolute Gasteiger partial charge is 0.348 e. The molecule has 2 N–H and O–H groups in total. The van der Waals surface area contributed by atoms with Gasteiger partial charge in [0.2, 0.25) is 0 Å². The smallest absolute Gasteiger partial charge is 0.254 e. The molecule has 0 aromatic carbocycles. The highest BCUT2D eigenvalue weighted by atomic mass is 35.5. The molecule has 1 atom stereocenters. The Morgan fingerprint density at radius 3 is 3.06 bits per heavy atom. The second kappa shape index (κ2) is 6.03. The van der Waals surface area contributed by atoms with Crippen LogP contribution < -0.4 is 10.6 Å². The van der Waals surface area contributed by atoms with E-state index in [1.807, 2.05) is 0 Å². The van der Waals surface area contributed by atoms with Crippen LogP contribution in [-0.2, 0) is 0 Å². The molecule has 0 radical (unpaired) electrons. The Labute approximate surface area is 105 Å². The summed E-state index contributed by atoms with van der Waals surface area (Å²) in [7, 11) is 0. The second-order valence-corrected chi connectivity index (χ2v) is 3.86. The van der Waals surface area contributed by atoms with Crippen LogP contribution in [0, 0.1) is 0 Å². The van der Waals surface area contributed by atoms with E-state index in [1.54, 1.807) is 18.3 Å². The van der Waals surface area contributed by atoms with E-state index in [4.69, 9.17) is 11.6 Å². The maximum absolute atomic E-state index is 11.8. The Balaban J connectivity index is 0.00000128. The van der Waals surface area contributed by atoms with Gasteiger partial charge in [0, 0.05) is 18.8 Å². The van der Waals surface area contributed by atoms with Gasteiger partial charge in [-0.25, -0.2) is 4.98 Å². The van der Waals surface area contributed by atoms with Crippen LogP contribution in [0.5, 0.6) is 0 Å². The highest BCUT2D eigenvalue weighted by Crippen LogP contribution is 2.11. The van der Waals surface area contributed by atoms with Crippen LogP contribution in [0.1, 0.15) is 16.8 Å². The molecule has 4 nitrogen and oxygen atoms in total. The molecule has 0 saturated carbocycles. The van der Waals surface area contributed by atoms with Crippen molar-refractivity contribution in [3.63, 3.8) is 0 Å². The number of pyridine rings is 1. The molecule has 1 aromatic rings. The zero-order valence-electron chi connectivity index (χ0n) is 8.57. The number of aromatic nitrogens is 1.